The van der Waals surface area contributed by atoms with Gasteiger partial charge < -0.3 is 4.55 Å². The fourth-order valence-electron chi connectivity index (χ4n) is 0.982. The van der Waals surface area contributed by atoms with Crippen molar-refractivity contribution in [3.63, 3.8) is 0 Å². The number of nitrogens with one attached hydrogen (secondary N) is 1. The SMILES string of the molecule is CNN(CS(=O)[O-])c1ccccc1. The van der Waals surface area contributed by atoms with Crippen molar-refractivity contribution in [2.45, 2.75) is 0 Å². The molecule has 0 amide bonds. The summed E-state index contributed by atoms with van der Waals surface area (Å²) < 4.78 is 20.9. The Bertz CT molecular complexity index is 279. The Morgan fingerprint density at radius 2 is 2.08 bits per heavy atom. The number of benzene rings is 1. The van der Waals surface area contributed by atoms with Crippen molar-refractivity contribution < 1.29 is 8.76 Å². The number of rotatable bonds is 4. The molecule has 1 rings (SSSR count). The van der Waals surface area contributed by atoms with Gasteiger partial charge in [-0.05, 0) is 23.2 Å². The Morgan fingerprint density at radius 1 is 1.46 bits per heavy atom. The van der Waals surface area contributed by atoms with Crippen molar-refractivity contribution in [1.29, 1.82) is 0 Å². The predicted molar refractivity (Wildman–Crippen MR) is 51.8 cm³/mol. The lowest BCUT2D eigenvalue weighted by Crippen LogP contribution is -2.37. The molecule has 1 atom stereocenters. The quantitative estimate of drug-likeness (QED) is 0.565. The fourth-order valence-corrected chi connectivity index (χ4v) is 1.47. The molecule has 1 aromatic rings. The van der Waals surface area contributed by atoms with Gasteiger partial charge in [-0.15, -0.1) is 0 Å². The fraction of sp³-hybridized carbons (Fsp3) is 0.250. The lowest BCUT2D eigenvalue weighted by Gasteiger charge is -2.24. The van der Waals surface area contributed by atoms with Crippen molar-refractivity contribution in [1.82, 2.24) is 5.43 Å². The highest BCUT2D eigenvalue weighted by molar-refractivity contribution is 7.79. The molecule has 0 aliphatic rings. The average molecular weight is 199 g/mol. The Balaban J connectivity index is 2.73. The van der Waals surface area contributed by atoms with E-state index in [0.29, 0.717) is 0 Å². The van der Waals surface area contributed by atoms with Crippen LogP contribution >= 0.6 is 0 Å². The van der Waals surface area contributed by atoms with Gasteiger partial charge in [-0.2, -0.15) is 0 Å². The molecule has 1 aromatic carbocycles. The largest absolute Gasteiger partial charge is 0.771 e. The number of hydrogen-bond donors (Lipinski definition) is 1. The van der Waals surface area contributed by atoms with Gasteiger partial charge in [-0.1, -0.05) is 18.2 Å². The zero-order chi connectivity index (χ0) is 9.68. The summed E-state index contributed by atoms with van der Waals surface area (Å²) in [6.07, 6.45) is 0. The molecule has 0 bridgehead atoms. The summed E-state index contributed by atoms with van der Waals surface area (Å²) in [6.45, 7) is 0. The second kappa shape index (κ2) is 4.96. The van der Waals surface area contributed by atoms with Crippen LogP contribution in [0.1, 0.15) is 0 Å². The number of nitrogens with zero attached hydrogens (tertiary/aromatic N) is 1. The molecule has 0 aromatic heterocycles. The van der Waals surface area contributed by atoms with Crippen LogP contribution in [-0.4, -0.2) is 21.7 Å². The number of anilines is 1. The maximum Gasteiger partial charge on any atom is 0.0965 e. The van der Waals surface area contributed by atoms with Crippen LogP contribution in [0.2, 0.25) is 0 Å². The zero-order valence-corrected chi connectivity index (χ0v) is 8.08. The zero-order valence-electron chi connectivity index (χ0n) is 7.27. The van der Waals surface area contributed by atoms with Crippen LogP contribution in [0.5, 0.6) is 0 Å². The van der Waals surface area contributed by atoms with E-state index in [1.807, 2.05) is 30.3 Å². The summed E-state index contributed by atoms with van der Waals surface area (Å²) in [5.74, 6) is -0.0550. The lowest BCUT2D eigenvalue weighted by atomic mass is 10.3. The van der Waals surface area contributed by atoms with Crippen molar-refractivity contribution in [2.75, 3.05) is 17.9 Å². The van der Waals surface area contributed by atoms with E-state index in [-0.39, 0.29) is 5.88 Å². The van der Waals surface area contributed by atoms with Crippen molar-refractivity contribution >= 4 is 16.8 Å². The average Bonchev–Trinajstić information content (AvgIpc) is 2.15. The van der Waals surface area contributed by atoms with Gasteiger partial charge in [0.25, 0.3) is 0 Å². The summed E-state index contributed by atoms with van der Waals surface area (Å²) >= 11 is -2.08. The minimum absolute atomic E-state index is 0.0550. The van der Waals surface area contributed by atoms with Crippen LogP contribution in [0.25, 0.3) is 0 Å². The van der Waals surface area contributed by atoms with Gasteiger partial charge >= 0.3 is 0 Å². The van der Waals surface area contributed by atoms with E-state index in [1.165, 1.54) is 0 Å². The molecule has 0 spiro atoms. The van der Waals surface area contributed by atoms with E-state index in [4.69, 9.17) is 0 Å². The molecule has 0 aliphatic carbocycles. The molecule has 5 heteroatoms. The molecule has 1 unspecified atom stereocenters. The number of hydrazine groups is 1. The van der Waals surface area contributed by atoms with Gasteiger partial charge in [0.15, 0.2) is 0 Å². The third kappa shape index (κ3) is 3.14. The molecular weight excluding hydrogens is 188 g/mol. The number of para-hydroxylation sites is 1. The van der Waals surface area contributed by atoms with Gasteiger partial charge in [0.1, 0.15) is 0 Å². The van der Waals surface area contributed by atoms with Crippen LogP contribution in [-0.2, 0) is 11.1 Å². The third-order valence-electron chi connectivity index (χ3n) is 1.57. The van der Waals surface area contributed by atoms with Crippen molar-refractivity contribution in [2.24, 2.45) is 0 Å². The topological polar surface area (TPSA) is 55.4 Å². The van der Waals surface area contributed by atoms with Crippen LogP contribution in [0.4, 0.5) is 5.69 Å². The highest BCUT2D eigenvalue weighted by atomic mass is 32.2. The normalized spacial score (nSPS) is 12.5. The highest BCUT2D eigenvalue weighted by Gasteiger charge is 2.01. The molecule has 1 N–H and O–H groups in total. The Morgan fingerprint density at radius 3 is 2.54 bits per heavy atom. The molecule has 0 fully saturated rings. The van der Waals surface area contributed by atoms with Crippen molar-refractivity contribution in [3.05, 3.63) is 30.3 Å². The van der Waals surface area contributed by atoms with Crippen LogP contribution < -0.4 is 10.4 Å². The van der Waals surface area contributed by atoms with Crippen LogP contribution in [0.3, 0.4) is 0 Å². The smallest absolute Gasteiger partial charge is 0.0965 e. The molecular formula is C8H11N2O2S-. The molecule has 0 heterocycles. The summed E-state index contributed by atoms with van der Waals surface area (Å²) in [5, 5.41) is 1.54. The second-order valence-corrected chi connectivity index (χ2v) is 3.29. The van der Waals surface area contributed by atoms with Gasteiger partial charge in [0.05, 0.1) is 11.6 Å². The highest BCUT2D eigenvalue weighted by Crippen LogP contribution is 2.10. The predicted octanol–water partition coefficient (Wildman–Crippen LogP) is 0.464. The maximum atomic E-state index is 10.5. The van der Waals surface area contributed by atoms with Crippen molar-refractivity contribution in [3.8, 4) is 0 Å². The van der Waals surface area contributed by atoms with Gasteiger partial charge in [0.2, 0.25) is 0 Å². The first-order valence-corrected chi connectivity index (χ1v) is 5.04. The van der Waals surface area contributed by atoms with E-state index < -0.39 is 11.1 Å². The monoisotopic (exact) mass is 199 g/mol. The molecule has 0 saturated heterocycles. The molecule has 13 heavy (non-hydrogen) atoms. The summed E-state index contributed by atoms with van der Waals surface area (Å²) in [6, 6.07) is 9.26. The first-order chi connectivity index (χ1) is 6.24. The van der Waals surface area contributed by atoms with E-state index in [9.17, 15) is 8.76 Å². The Labute approximate surface area is 79.8 Å². The summed E-state index contributed by atoms with van der Waals surface area (Å²) in [4.78, 5) is 0. The van der Waals surface area contributed by atoms with E-state index in [1.54, 1.807) is 12.1 Å². The lowest BCUT2D eigenvalue weighted by molar-refractivity contribution is 0.532. The molecule has 72 valence electrons. The third-order valence-corrected chi connectivity index (χ3v) is 2.04. The van der Waals surface area contributed by atoms with E-state index in [0.717, 1.165) is 5.69 Å². The van der Waals surface area contributed by atoms with E-state index in [2.05, 4.69) is 5.43 Å². The standard InChI is InChI=1S/C8H12N2O2S/c1-9-10(7-13(11)12)8-5-3-2-4-6-8/h2-6,9H,7H2,1H3,(H,11,12)/p-1. The first-order valence-electron chi connectivity index (χ1n) is 3.80. The minimum Gasteiger partial charge on any atom is -0.771 e. The second-order valence-electron chi connectivity index (χ2n) is 2.42. The van der Waals surface area contributed by atoms with E-state index >= 15 is 0 Å². The molecule has 0 radical (unpaired) electrons. The summed E-state index contributed by atoms with van der Waals surface area (Å²) in [5.41, 5.74) is 3.62. The summed E-state index contributed by atoms with van der Waals surface area (Å²) in [7, 11) is 1.68. The Hall–Kier alpha value is -0.910. The van der Waals surface area contributed by atoms with Gasteiger partial charge in [0, 0.05) is 7.05 Å². The maximum absolute atomic E-state index is 10.5. The number of hydrogen-bond acceptors (Lipinski definition) is 4. The Kier molecular flexibility index (Phi) is 3.88. The van der Waals surface area contributed by atoms with Gasteiger partial charge in [-0.25, -0.2) is 5.43 Å². The first kappa shape index (κ1) is 10.2. The van der Waals surface area contributed by atoms with Crippen LogP contribution in [0.15, 0.2) is 30.3 Å². The molecule has 0 aliphatic heterocycles. The van der Waals surface area contributed by atoms with Crippen LogP contribution in [0, 0.1) is 0 Å². The van der Waals surface area contributed by atoms with Gasteiger partial charge in [-0.3, -0.25) is 9.22 Å². The molecule has 0 saturated carbocycles. The minimum atomic E-state index is -2.08. The molecule has 4 nitrogen and oxygen atoms in total.